The first kappa shape index (κ1) is 20.9. The highest BCUT2D eigenvalue weighted by atomic mass is 35.5. The Bertz CT molecular complexity index is 745. The number of amides is 1. The van der Waals surface area contributed by atoms with Crippen LogP contribution in [0.5, 0.6) is 0 Å². The quantitative estimate of drug-likeness (QED) is 0.510. The van der Waals surface area contributed by atoms with Crippen molar-refractivity contribution in [3.63, 3.8) is 0 Å². The van der Waals surface area contributed by atoms with Crippen molar-refractivity contribution in [1.82, 2.24) is 9.62 Å². The van der Waals surface area contributed by atoms with E-state index in [1.807, 2.05) is 0 Å². The van der Waals surface area contributed by atoms with E-state index in [1.54, 1.807) is 24.3 Å². The van der Waals surface area contributed by atoms with Gasteiger partial charge in [-0.2, -0.15) is 8.42 Å². The van der Waals surface area contributed by atoms with Gasteiger partial charge in [0.2, 0.25) is 0 Å². The highest BCUT2D eigenvalue weighted by molar-refractivity contribution is 7.87. The zero-order valence-electron chi connectivity index (χ0n) is 14.3. The van der Waals surface area contributed by atoms with Gasteiger partial charge in [-0.3, -0.25) is 0 Å². The minimum absolute atomic E-state index is 0.0804. The van der Waals surface area contributed by atoms with Crippen molar-refractivity contribution in [2.75, 3.05) is 19.6 Å². The number of nitrogens with two attached hydrogens (primary N) is 1. The zero-order chi connectivity index (χ0) is 19.4. The number of carbonyl (C=O) groups is 1. The number of rotatable bonds is 7. The van der Waals surface area contributed by atoms with Crippen molar-refractivity contribution in [2.24, 2.45) is 11.1 Å². The van der Waals surface area contributed by atoms with Crippen LogP contribution >= 0.6 is 11.6 Å². The predicted octanol–water partition coefficient (Wildman–Crippen LogP) is 1.49. The van der Waals surface area contributed by atoms with Crippen LogP contribution in [0.1, 0.15) is 31.2 Å². The van der Waals surface area contributed by atoms with Gasteiger partial charge in [0.05, 0.1) is 5.60 Å². The SMILES string of the molecule is NS(=O)(=O)NCCCC(O)(c1cccc(Cl)c1)C1CCCN(C(=O)O)C1. The van der Waals surface area contributed by atoms with E-state index in [2.05, 4.69) is 4.72 Å². The number of benzene rings is 1. The summed E-state index contributed by atoms with van der Waals surface area (Å²) in [6.45, 7) is 0.725. The number of hydrogen-bond donors (Lipinski definition) is 4. The fraction of sp³-hybridized carbons (Fsp3) is 0.562. The Hall–Kier alpha value is -1.39. The zero-order valence-corrected chi connectivity index (χ0v) is 15.8. The van der Waals surface area contributed by atoms with E-state index in [1.165, 1.54) is 4.90 Å². The highest BCUT2D eigenvalue weighted by Gasteiger charge is 2.41. The van der Waals surface area contributed by atoms with E-state index >= 15 is 0 Å². The first-order valence-electron chi connectivity index (χ1n) is 8.35. The van der Waals surface area contributed by atoms with Crippen molar-refractivity contribution in [1.29, 1.82) is 0 Å². The third-order valence-corrected chi connectivity index (χ3v) is 5.57. The minimum atomic E-state index is -3.80. The van der Waals surface area contributed by atoms with Crippen molar-refractivity contribution in [3.05, 3.63) is 34.9 Å². The molecule has 0 aromatic heterocycles. The summed E-state index contributed by atoms with van der Waals surface area (Å²) in [5.41, 5.74) is -0.725. The topological polar surface area (TPSA) is 133 Å². The molecule has 2 unspecified atom stereocenters. The number of piperidine rings is 1. The van der Waals surface area contributed by atoms with E-state index in [0.29, 0.717) is 36.4 Å². The van der Waals surface area contributed by atoms with E-state index in [0.717, 1.165) is 0 Å². The molecule has 5 N–H and O–H groups in total. The molecule has 1 amide bonds. The molecule has 1 aromatic rings. The molecule has 10 heteroatoms. The third kappa shape index (κ3) is 5.55. The van der Waals surface area contributed by atoms with Crippen molar-refractivity contribution in [3.8, 4) is 0 Å². The molecular weight excluding hydrogens is 382 g/mol. The first-order valence-corrected chi connectivity index (χ1v) is 10.3. The van der Waals surface area contributed by atoms with Crippen LogP contribution in [0.15, 0.2) is 24.3 Å². The number of likely N-dealkylation sites (tertiary alicyclic amines) is 1. The molecule has 2 atom stereocenters. The van der Waals surface area contributed by atoms with Gasteiger partial charge in [0.1, 0.15) is 0 Å². The molecule has 1 saturated heterocycles. The van der Waals surface area contributed by atoms with Crippen molar-refractivity contribution < 1.29 is 23.4 Å². The summed E-state index contributed by atoms with van der Waals surface area (Å²) in [5, 5.41) is 26.1. The van der Waals surface area contributed by atoms with Crippen LogP contribution in [0, 0.1) is 5.92 Å². The van der Waals surface area contributed by atoms with Gasteiger partial charge in [-0.05, 0) is 43.4 Å². The van der Waals surface area contributed by atoms with Gasteiger partial charge in [-0.1, -0.05) is 23.7 Å². The molecule has 0 saturated carbocycles. The van der Waals surface area contributed by atoms with E-state index in [9.17, 15) is 23.4 Å². The lowest BCUT2D eigenvalue weighted by Gasteiger charge is -2.42. The number of nitrogens with zero attached hydrogens (tertiary/aromatic N) is 1. The molecule has 26 heavy (non-hydrogen) atoms. The molecule has 0 aliphatic carbocycles. The van der Waals surface area contributed by atoms with E-state index < -0.39 is 21.9 Å². The third-order valence-electron chi connectivity index (χ3n) is 4.73. The van der Waals surface area contributed by atoms with Gasteiger partial charge >= 0.3 is 6.09 Å². The Morgan fingerprint density at radius 2 is 2.19 bits per heavy atom. The predicted molar refractivity (Wildman–Crippen MR) is 98.0 cm³/mol. The maximum atomic E-state index is 11.5. The van der Waals surface area contributed by atoms with Crippen LogP contribution < -0.4 is 9.86 Å². The Labute approximate surface area is 158 Å². The molecule has 146 valence electrons. The Kier molecular flexibility index (Phi) is 6.86. The average Bonchev–Trinajstić information content (AvgIpc) is 2.58. The van der Waals surface area contributed by atoms with Gasteiger partial charge in [0.15, 0.2) is 0 Å². The molecule has 0 spiro atoms. The maximum absolute atomic E-state index is 11.5. The van der Waals surface area contributed by atoms with Crippen molar-refractivity contribution >= 4 is 27.9 Å². The lowest BCUT2D eigenvalue weighted by atomic mass is 9.74. The largest absolute Gasteiger partial charge is 0.465 e. The van der Waals surface area contributed by atoms with Gasteiger partial charge < -0.3 is 15.1 Å². The van der Waals surface area contributed by atoms with Crippen LogP contribution in [0.3, 0.4) is 0 Å². The molecule has 8 nitrogen and oxygen atoms in total. The molecule has 0 radical (unpaired) electrons. The molecule has 1 heterocycles. The maximum Gasteiger partial charge on any atom is 0.407 e. The van der Waals surface area contributed by atoms with Crippen LogP contribution in [-0.4, -0.2) is 49.3 Å². The lowest BCUT2D eigenvalue weighted by Crippen LogP contribution is -2.48. The summed E-state index contributed by atoms with van der Waals surface area (Å²) in [7, 11) is -3.80. The number of aliphatic hydroxyl groups is 1. The minimum Gasteiger partial charge on any atom is -0.465 e. The molecule has 1 aromatic carbocycles. The molecule has 1 aliphatic heterocycles. The normalized spacial score (nSPS) is 20.6. The Morgan fingerprint density at radius 3 is 2.81 bits per heavy atom. The summed E-state index contributed by atoms with van der Waals surface area (Å²) in [6, 6.07) is 6.83. The fourth-order valence-electron chi connectivity index (χ4n) is 3.45. The molecular formula is C16H24ClN3O5S. The smallest absolute Gasteiger partial charge is 0.407 e. The molecule has 2 rings (SSSR count). The lowest BCUT2D eigenvalue weighted by molar-refractivity contribution is -0.0572. The van der Waals surface area contributed by atoms with Gasteiger partial charge in [0.25, 0.3) is 10.2 Å². The number of hydrogen-bond acceptors (Lipinski definition) is 4. The second-order valence-electron chi connectivity index (χ2n) is 6.55. The average molecular weight is 406 g/mol. The summed E-state index contributed by atoms with van der Waals surface area (Å²) in [6.07, 6.45) is 0.876. The summed E-state index contributed by atoms with van der Waals surface area (Å²) in [5.74, 6) is -0.319. The second kappa shape index (κ2) is 8.53. The second-order valence-corrected chi connectivity index (χ2v) is 8.36. The Balaban J connectivity index is 2.22. The fourth-order valence-corrected chi connectivity index (χ4v) is 4.07. The summed E-state index contributed by atoms with van der Waals surface area (Å²) >= 11 is 6.07. The van der Waals surface area contributed by atoms with Gasteiger partial charge in [0, 0.05) is 30.6 Å². The van der Waals surface area contributed by atoms with Crippen LogP contribution in [0.2, 0.25) is 5.02 Å². The molecule has 1 fully saturated rings. The Morgan fingerprint density at radius 1 is 1.46 bits per heavy atom. The highest BCUT2D eigenvalue weighted by Crippen LogP contribution is 2.40. The van der Waals surface area contributed by atoms with Gasteiger partial charge in [-0.25, -0.2) is 14.7 Å². The van der Waals surface area contributed by atoms with Gasteiger partial charge in [-0.15, -0.1) is 0 Å². The molecule has 1 aliphatic rings. The standard InChI is InChI=1S/C16H24ClN3O5S/c17-14-6-1-4-12(10-14)16(23,7-3-8-19-26(18,24)25)13-5-2-9-20(11-13)15(21)22/h1,4,6,10,13,19,23H,2-3,5,7-9,11H2,(H,21,22)(H2,18,24,25). The van der Waals surface area contributed by atoms with Crippen molar-refractivity contribution in [2.45, 2.75) is 31.3 Å². The summed E-state index contributed by atoms with van der Waals surface area (Å²) < 4.78 is 24.2. The van der Waals surface area contributed by atoms with E-state index in [-0.39, 0.29) is 25.4 Å². The summed E-state index contributed by atoms with van der Waals surface area (Å²) in [4.78, 5) is 12.6. The van der Waals surface area contributed by atoms with Crippen LogP contribution in [0.4, 0.5) is 4.79 Å². The number of halogens is 1. The molecule has 0 bridgehead atoms. The first-order chi connectivity index (χ1) is 12.1. The van der Waals surface area contributed by atoms with Crippen LogP contribution in [-0.2, 0) is 15.8 Å². The number of carboxylic acid groups (broad SMARTS) is 1. The van der Waals surface area contributed by atoms with E-state index in [4.69, 9.17) is 16.7 Å². The van der Waals surface area contributed by atoms with Crippen LogP contribution in [0.25, 0.3) is 0 Å². The number of nitrogens with one attached hydrogen (secondary N) is 1. The monoisotopic (exact) mass is 405 g/mol.